The lowest BCUT2D eigenvalue weighted by Gasteiger charge is -2.36. The number of anilines is 1. The minimum atomic E-state index is -0.121. The van der Waals surface area contributed by atoms with Gasteiger partial charge >= 0.3 is 0 Å². The predicted molar refractivity (Wildman–Crippen MR) is 117 cm³/mol. The number of hydrogen-bond acceptors (Lipinski definition) is 4. The first-order valence-corrected chi connectivity index (χ1v) is 11.2. The molecule has 0 spiro atoms. The molecule has 2 saturated heterocycles. The lowest BCUT2D eigenvalue weighted by atomic mass is 10.0. The average molecular weight is 407 g/mol. The third-order valence-electron chi connectivity index (χ3n) is 6.77. The fourth-order valence-electron chi connectivity index (χ4n) is 4.67. The van der Waals surface area contributed by atoms with Gasteiger partial charge in [-0.05, 0) is 100 Å². The average Bonchev–Trinajstić information content (AvgIpc) is 3.56. The van der Waals surface area contributed by atoms with E-state index in [1.54, 1.807) is 0 Å². The molecule has 3 aliphatic rings. The van der Waals surface area contributed by atoms with Crippen molar-refractivity contribution in [3.05, 3.63) is 54.1 Å². The van der Waals surface area contributed by atoms with Crippen molar-refractivity contribution in [2.24, 2.45) is 5.92 Å². The monoisotopic (exact) mass is 406 g/mol. The fraction of sp³-hybridized carbons (Fsp3) is 0.480. The molecule has 1 saturated carbocycles. The lowest BCUT2D eigenvalue weighted by molar-refractivity contribution is 0.0662. The van der Waals surface area contributed by atoms with Crippen LogP contribution in [0.3, 0.4) is 0 Å². The summed E-state index contributed by atoms with van der Waals surface area (Å²) < 4.78 is 12.0. The van der Waals surface area contributed by atoms with E-state index < -0.39 is 0 Å². The van der Waals surface area contributed by atoms with Crippen molar-refractivity contribution < 1.29 is 14.3 Å². The second-order valence-electron chi connectivity index (χ2n) is 9.02. The number of piperidine rings is 1. The van der Waals surface area contributed by atoms with E-state index in [0.717, 1.165) is 42.6 Å². The van der Waals surface area contributed by atoms with Gasteiger partial charge in [-0.1, -0.05) is 0 Å². The smallest absolute Gasteiger partial charge is 0.255 e. The number of fused-ring (bicyclic) bond motifs is 2. The number of rotatable bonds is 7. The number of nitrogens with zero attached hydrogens (tertiary/aromatic N) is 1. The largest absolute Gasteiger partial charge is 0.493 e. The van der Waals surface area contributed by atoms with Crippen molar-refractivity contribution in [2.45, 2.75) is 56.7 Å². The SMILES string of the molecule is CN1[C@@H]2CC[C@H]1C[C@@H](Oc1ccc(NC(=O)c3ccc(OCC4CC4)cc3)cc1)C2. The molecular weight excluding hydrogens is 376 g/mol. The van der Waals surface area contributed by atoms with Crippen molar-refractivity contribution >= 4 is 11.6 Å². The third-order valence-corrected chi connectivity index (χ3v) is 6.77. The van der Waals surface area contributed by atoms with Gasteiger partial charge in [-0.3, -0.25) is 4.79 Å². The van der Waals surface area contributed by atoms with Gasteiger partial charge in [0, 0.05) is 23.3 Å². The van der Waals surface area contributed by atoms with Crippen LogP contribution in [0.1, 0.15) is 48.9 Å². The van der Waals surface area contributed by atoms with Crippen LogP contribution in [-0.2, 0) is 0 Å². The highest BCUT2D eigenvalue weighted by Gasteiger charge is 2.39. The first-order chi connectivity index (χ1) is 14.6. The highest BCUT2D eigenvalue weighted by Crippen LogP contribution is 2.36. The highest BCUT2D eigenvalue weighted by molar-refractivity contribution is 6.04. The minimum Gasteiger partial charge on any atom is -0.493 e. The zero-order valence-corrected chi connectivity index (χ0v) is 17.5. The van der Waals surface area contributed by atoms with Crippen LogP contribution in [0.15, 0.2) is 48.5 Å². The molecule has 158 valence electrons. The molecule has 5 rings (SSSR count). The van der Waals surface area contributed by atoms with Gasteiger partial charge in [0.25, 0.3) is 5.91 Å². The van der Waals surface area contributed by atoms with E-state index in [0.29, 0.717) is 23.8 Å². The molecule has 0 unspecified atom stereocenters. The highest BCUT2D eigenvalue weighted by atomic mass is 16.5. The van der Waals surface area contributed by atoms with Crippen LogP contribution in [0, 0.1) is 5.92 Å². The number of ether oxygens (including phenoxy) is 2. The van der Waals surface area contributed by atoms with E-state index in [1.807, 2.05) is 48.5 Å². The Kier molecular flexibility index (Phi) is 5.38. The number of carbonyl (C=O) groups is 1. The molecule has 2 heterocycles. The molecule has 1 aliphatic carbocycles. The van der Waals surface area contributed by atoms with E-state index in [2.05, 4.69) is 17.3 Å². The Morgan fingerprint density at radius 1 is 0.933 bits per heavy atom. The number of amides is 1. The molecule has 5 nitrogen and oxygen atoms in total. The summed E-state index contributed by atoms with van der Waals surface area (Å²) in [6.45, 7) is 0.777. The number of hydrogen-bond donors (Lipinski definition) is 1. The molecule has 1 amide bonds. The van der Waals surface area contributed by atoms with Crippen LogP contribution in [0.2, 0.25) is 0 Å². The maximum atomic E-state index is 12.5. The van der Waals surface area contributed by atoms with Gasteiger partial charge in [-0.2, -0.15) is 0 Å². The summed E-state index contributed by atoms with van der Waals surface area (Å²) in [4.78, 5) is 15.0. The molecule has 3 atom stereocenters. The summed E-state index contributed by atoms with van der Waals surface area (Å²) in [5, 5.41) is 2.96. The van der Waals surface area contributed by atoms with Crippen molar-refractivity contribution in [2.75, 3.05) is 19.0 Å². The summed E-state index contributed by atoms with van der Waals surface area (Å²) in [6, 6.07) is 16.4. The van der Waals surface area contributed by atoms with E-state index in [1.165, 1.54) is 25.7 Å². The van der Waals surface area contributed by atoms with E-state index in [9.17, 15) is 4.79 Å². The first-order valence-electron chi connectivity index (χ1n) is 11.2. The number of benzene rings is 2. The van der Waals surface area contributed by atoms with Crippen molar-refractivity contribution in [1.29, 1.82) is 0 Å². The van der Waals surface area contributed by atoms with Crippen molar-refractivity contribution in [3.8, 4) is 11.5 Å². The quantitative estimate of drug-likeness (QED) is 0.722. The van der Waals surface area contributed by atoms with Gasteiger partial charge in [0.15, 0.2) is 0 Å². The predicted octanol–water partition coefficient (Wildman–Crippen LogP) is 4.73. The fourth-order valence-corrected chi connectivity index (χ4v) is 4.67. The molecule has 3 fully saturated rings. The van der Waals surface area contributed by atoms with Gasteiger partial charge in [0.05, 0.1) is 6.61 Å². The summed E-state index contributed by atoms with van der Waals surface area (Å²) in [5.41, 5.74) is 1.39. The van der Waals surface area contributed by atoms with E-state index >= 15 is 0 Å². The van der Waals surface area contributed by atoms with Gasteiger partial charge in [-0.15, -0.1) is 0 Å². The summed E-state index contributed by atoms with van der Waals surface area (Å²) >= 11 is 0. The zero-order valence-electron chi connectivity index (χ0n) is 17.5. The van der Waals surface area contributed by atoms with Gasteiger partial charge in [-0.25, -0.2) is 0 Å². The van der Waals surface area contributed by atoms with E-state index in [-0.39, 0.29) is 5.91 Å². The normalized spacial score (nSPS) is 25.7. The molecule has 30 heavy (non-hydrogen) atoms. The Bertz CT molecular complexity index is 862. The molecule has 2 aromatic carbocycles. The maximum Gasteiger partial charge on any atom is 0.255 e. The second kappa shape index (κ2) is 8.31. The molecule has 1 N–H and O–H groups in total. The summed E-state index contributed by atoms with van der Waals surface area (Å²) in [6.07, 6.45) is 7.61. The van der Waals surface area contributed by atoms with Crippen LogP contribution in [-0.4, -0.2) is 42.6 Å². The standard InChI is InChI=1S/C25H30N2O3/c1-27-20-8-9-21(27)15-24(14-20)30-23-12-6-19(7-13-23)26-25(28)18-4-10-22(11-5-18)29-16-17-2-3-17/h4-7,10-13,17,20-21,24H,2-3,8-9,14-16H2,1H3,(H,26,28)/t20-,21+,24+. The second-order valence-corrected chi connectivity index (χ2v) is 9.02. The Labute approximate surface area is 178 Å². The van der Waals surface area contributed by atoms with Crippen LogP contribution in [0.25, 0.3) is 0 Å². The Morgan fingerprint density at radius 3 is 2.20 bits per heavy atom. The van der Waals surface area contributed by atoms with Crippen molar-refractivity contribution in [1.82, 2.24) is 4.90 Å². The summed E-state index contributed by atoms with van der Waals surface area (Å²) in [7, 11) is 2.24. The number of carbonyl (C=O) groups excluding carboxylic acids is 1. The first kappa shape index (κ1) is 19.4. The van der Waals surface area contributed by atoms with Crippen LogP contribution in [0.5, 0.6) is 11.5 Å². The van der Waals surface area contributed by atoms with Gasteiger partial charge in [0.2, 0.25) is 0 Å². The van der Waals surface area contributed by atoms with Crippen LogP contribution >= 0.6 is 0 Å². The lowest BCUT2D eigenvalue weighted by Crippen LogP contribution is -2.43. The number of nitrogens with one attached hydrogen (secondary N) is 1. The van der Waals surface area contributed by atoms with Crippen LogP contribution < -0.4 is 14.8 Å². The Morgan fingerprint density at radius 2 is 1.57 bits per heavy atom. The third kappa shape index (κ3) is 4.46. The molecule has 5 heteroatoms. The minimum absolute atomic E-state index is 0.121. The van der Waals surface area contributed by atoms with Crippen molar-refractivity contribution in [3.63, 3.8) is 0 Å². The molecular formula is C25H30N2O3. The van der Waals surface area contributed by atoms with Gasteiger partial charge in [0.1, 0.15) is 17.6 Å². The summed E-state index contributed by atoms with van der Waals surface area (Å²) in [5.74, 6) is 2.29. The molecule has 2 aliphatic heterocycles. The van der Waals surface area contributed by atoms with Gasteiger partial charge < -0.3 is 19.7 Å². The Hall–Kier alpha value is -2.53. The van der Waals surface area contributed by atoms with E-state index in [4.69, 9.17) is 9.47 Å². The molecule has 0 aromatic heterocycles. The molecule has 0 radical (unpaired) electrons. The molecule has 2 aromatic rings. The topological polar surface area (TPSA) is 50.8 Å². The zero-order chi connectivity index (χ0) is 20.5. The maximum absolute atomic E-state index is 12.5. The Balaban J connectivity index is 1.13. The molecule has 2 bridgehead atoms. The van der Waals surface area contributed by atoms with Crippen LogP contribution in [0.4, 0.5) is 5.69 Å².